The molecular formula is C13H17FN4O. The highest BCUT2D eigenvalue weighted by molar-refractivity contribution is 5.34. The Morgan fingerprint density at radius 3 is 2.74 bits per heavy atom. The van der Waals surface area contributed by atoms with Crippen molar-refractivity contribution in [1.82, 2.24) is 15.0 Å². The Kier molecular flexibility index (Phi) is 3.53. The Morgan fingerprint density at radius 2 is 2.16 bits per heavy atom. The minimum absolute atomic E-state index is 0.310. The van der Waals surface area contributed by atoms with Crippen LogP contribution in [0.4, 0.5) is 4.39 Å². The van der Waals surface area contributed by atoms with Gasteiger partial charge in [0, 0.05) is 5.56 Å². The lowest BCUT2D eigenvalue weighted by molar-refractivity contribution is 0.405. The highest BCUT2D eigenvalue weighted by atomic mass is 19.1. The van der Waals surface area contributed by atoms with Crippen LogP contribution in [0.25, 0.3) is 0 Å². The normalized spacial score (nSPS) is 11.6. The number of methoxy groups -OCH3 is 1. The number of rotatable bonds is 4. The van der Waals surface area contributed by atoms with Gasteiger partial charge in [0.1, 0.15) is 17.3 Å². The second kappa shape index (κ2) is 4.97. The van der Waals surface area contributed by atoms with Crippen molar-refractivity contribution in [3.8, 4) is 5.75 Å². The quantitative estimate of drug-likeness (QED) is 0.912. The van der Waals surface area contributed by atoms with Gasteiger partial charge in [0.05, 0.1) is 25.4 Å². The molecule has 0 aliphatic heterocycles. The molecular weight excluding hydrogens is 247 g/mol. The third-order valence-corrected chi connectivity index (χ3v) is 2.77. The number of nitrogens with zero attached hydrogens (tertiary/aromatic N) is 3. The van der Waals surface area contributed by atoms with Crippen LogP contribution in [0, 0.1) is 5.82 Å². The SMILES string of the molecule is COc1ccc(F)cc1Cn1cc(C(C)(C)N)nn1. The smallest absolute Gasteiger partial charge is 0.124 e. The van der Waals surface area contributed by atoms with Gasteiger partial charge in [-0.05, 0) is 32.0 Å². The predicted molar refractivity (Wildman–Crippen MR) is 69.3 cm³/mol. The second-order valence-electron chi connectivity index (χ2n) is 4.98. The second-order valence-corrected chi connectivity index (χ2v) is 4.98. The average Bonchev–Trinajstić information content (AvgIpc) is 2.77. The van der Waals surface area contributed by atoms with Crippen LogP contribution in [0.5, 0.6) is 5.75 Å². The van der Waals surface area contributed by atoms with E-state index in [9.17, 15) is 4.39 Å². The van der Waals surface area contributed by atoms with Gasteiger partial charge in [0.2, 0.25) is 0 Å². The van der Waals surface area contributed by atoms with E-state index in [0.717, 1.165) is 0 Å². The van der Waals surface area contributed by atoms with E-state index in [-0.39, 0.29) is 5.82 Å². The summed E-state index contributed by atoms with van der Waals surface area (Å²) in [5, 5.41) is 8.01. The number of hydrogen-bond acceptors (Lipinski definition) is 4. The Morgan fingerprint density at radius 1 is 1.42 bits per heavy atom. The van der Waals surface area contributed by atoms with Gasteiger partial charge in [-0.25, -0.2) is 9.07 Å². The summed E-state index contributed by atoms with van der Waals surface area (Å²) in [6.45, 7) is 4.08. The van der Waals surface area contributed by atoms with Crippen molar-refractivity contribution in [2.24, 2.45) is 5.73 Å². The van der Waals surface area contributed by atoms with Crippen LogP contribution in [0.3, 0.4) is 0 Å². The van der Waals surface area contributed by atoms with Crippen molar-refractivity contribution in [1.29, 1.82) is 0 Å². The summed E-state index contributed by atoms with van der Waals surface area (Å²) in [6.07, 6.45) is 1.75. The van der Waals surface area contributed by atoms with Gasteiger partial charge in [-0.15, -0.1) is 5.10 Å². The number of ether oxygens (including phenoxy) is 1. The van der Waals surface area contributed by atoms with E-state index < -0.39 is 5.54 Å². The molecule has 1 aromatic heterocycles. The highest BCUT2D eigenvalue weighted by Crippen LogP contribution is 2.21. The third kappa shape index (κ3) is 3.08. The molecule has 2 N–H and O–H groups in total. The van der Waals surface area contributed by atoms with Crippen LogP contribution >= 0.6 is 0 Å². The van der Waals surface area contributed by atoms with E-state index in [4.69, 9.17) is 10.5 Å². The van der Waals surface area contributed by atoms with Crippen LogP contribution in [0.15, 0.2) is 24.4 Å². The Labute approximate surface area is 111 Å². The molecule has 0 fully saturated rings. The first-order chi connectivity index (χ1) is 8.90. The first-order valence-corrected chi connectivity index (χ1v) is 5.92. The van der Waals surface area contributed by atoms with Crippen molar-refractivity contribution in [3.63, 3.8) is 0 Å². The van der Waals surface area contributed by atoms with E-state index in [1.165, 1.54) is 12.1 Å². The topological polar surface area (TPSA) is 66.0 Å². The van der Waals surface area contributed by atoms with E-state index in [2.05, 4.69) is 10.3 Å². The molecule has 0 aliphatic rings. The summed E-state index contributed by atoms with van der Waals surface area (Å²) in [4.78, 5) is 0. The number of hydrogen-bond donors (Lipinski definition) is 1. The van der Waals surface area contributed by atoms with E-state index >= 15 is 0 Å². The van der Waals surface area contributed by atoms with E-state index in [0.29, 0.717) is 23.6 Å². The molecule has 0 atom stereocenters. The maximum absolute atomic E-state index is 13.3. The molecule has 0 saturated carbocycles. The molecule has 0 bridgehead atoms. The van der Waals surface area contributed by atoms with Gasteiger partial charge in [0.25, 0.3) is 0 Å². The van der Waals surface area contributed by atoms with Crippen LogP contribution in [0.2, 0.25) is 0 Å². The molecule has 0 amide bonds. The molecule has 1 aromatic carbocycles. The minimum atomic E-state index is -0.551. The van der Waals surface area contributed by atoms with Gasteiger partial charge in [-0.1, -0.05) is 5.21 Å². The average molecular weight is 264 g/mol. The van der Waals surface area contributed by atoms with Crippen LogP contribution in [-0.4, -0.2) is 22.1 Å². The molecule has 102 valence electrons. The molecule has 0 radical (unpaired) electrons. The minimum Gasteiger partial charge on any atom is -0.496 e. The first kappa shape index (κ1) is 13.5. The summed E-state index contributed by atoms with van der Waals surface area (Å²) < 4.78 is 20.1. The summed E-state index contributed by atoms with van der Waals surface area (Å²) in [5.74, 6) is 0.306. The number of aromatic nitrogens is 3. The maximum atomic E-state index is 13.3. The summed E-state index contributed by atoms with van der Waals surface area (Å²) in [6, 6.07) is 4.38. The fraction of sp³-hybridized carbons (Fsp3) is 0.385. The number of benzene rings is 1. The molecule has 0 aliphatic carbocycles. The van der Waals surface area contributed by atoms with Gasteiger partial charge in [-0.2, -0.15) is 0 Å². The van der Waals surface area contributed by atoms with Gasteiger partial charge in [0.15, 0.2) is 0 Å². The highest BCUT2D eigenvalue weighted by Gasteiger charge is 2.18. The van der Waals surface area contributed by atoms with Crippen molar-refractivity contribution >= 4 is 0 Å². The van der Waals surface area contributed by atoms with Crippen molar-refractivity contribution < 1.29 is 9.13 Å². The molecule has 0 spiro atoms. The standard InChI is InChI=1S/C13H17FN4O/c1-13(2,15)12-8-18(17-16-12)7-9-6-10(14)4-5-11(9)19-3/h4-6,8H,7,15H2,1-3H3. The lowest BCUT2D eigenvalue weighted by atomic mass is 10.0. The van der Waals surface area contributed by atoms with Crippen LogP contribution in [0.1, 0.15) is 25.1 Å². The number of nitrogens with two attached hydrogens (primary N) is 1. The maximum Gasteiger partial charge on any atom is 0.124 e. The largest absolute Gasteiger partial charge is 0.496 e. The van der Waals surface area contributed by atoms with Gasteiger partial charge < -0.3 is 10.5 Å². The molecule has 0 saturated heterocycles. The van der Waals surface area contributed by atoms with Gasteiger partial charge in [-0.3, -0.25) is 0 Å². The fourth-order valence-electron chi connectivity index (χ4n) is 1.72. The van der Waals surface area contributed by atoms with E-state index in [1.807, 2.05) is 13.8 Å². The van der Waals surface area contributed by atoms with E-state index in [1.54, 1.807) is 24.1 Å². The number of halogens is 1. The molecule has 5 nitrogen and oxygen atoms in total. The summed E-state index contributed by atoms with van der Waals surface area (Å²) >= 11 is 0. The zero-order valence-electron chi connectivity index (χ0n) is 11.2. The Balaban J connectivity index is 2.26. The zero-order chi connectivity index (χ0) is 14.0. The molecule has 2 aromatic rings. The molecule has 19 heavy (non-hydrogen) atoms. The molecule has 0 unspecified atom stereocenters. The zero-order valence-corrected chi connectivity index (χ0v) is 11.2. The van der Waals surface area contributed by atoms with Crippen molar-refractivity contribution in [2.45, 2.75) is 25.9 Å². The lowest BCUT2D eigenvalue weighted by Gasteiger charge is -2.13. The van der Waals surface area contributed by atoms with Crippen LogP contribution in [-0.2, 0) is 12.1 Å². The first-order valence-electron chi connectivity index (χ1n) is 5.92. The Hall–Kier alpha value is -1.95. The van der Waals surface area contributed by atoms with Gasteiger partial charge >= 0.3 is 0 Å². The lowest BCUT2D eigenvalue weighted by Crippen LogP contribution is -2.29. The van der Waals surface area contributed by atoms with Crippen molar-refractivity contribution in [3.05, 3.63) is 41.5 Å². The fourth-order valence-corrected chi connectivity index (χ4v) is 1.72. The van der Waals surface area contributed by atoms with Crippen LogP contribution < -0.4 is 10.5 Å². The van der Waals surface area contributed by atoms with Crippen molar-refractivity contribution in [2.75, 3.05) is 7.11 Å². The Bertz CT molecular complexity index is 574. The monoisotopic (exact) mass is 264 g/mol. The summed E-state index contributed by atoms with van der Waals surface area (Å²) in [5.41, 5.74) is 6.78. The third-order valence-electron chi connectivity index (χ3n) is 2.77. The predicted octanol–water partition coefficient (Wildman–Crippen LogP) is 1.67. The molecule has 2 rings (SSSR count). The molecule has 1 heterocycles. The molecule has 6 heteroatoms. The summed E-state index contributed by atoms with van der Waals surface area (Å²) in [7, 11) is 1.55.